The number of aryl methyl sites for hydroxylation is 1. The van der Waals surface area contributed by atoms with E-state index in [1.807, 2.05) is 42.5 Å². The molecule has 0 spiro atoms. The number of hydrogen-bond donors (Lipinski definition) is 1. The van der Waals surface area contributed by atoms with Crippen LogP contribution < -0.4 is 10.1 Å². The van der Waals surface area contributed by atoms with Crippen LogP contribution in [0.2, 0.25) is 5.02 Å². The lowest BCUT2D eigenvalue weighted by molar-refractivity contribution is 0.262. The fraction of sp³-hybridized carbons (Fsp3) is 0.278. The molecule has 1 aliphatic heterocycles. The lowest BCUT2D eigenvalue weighted by Gasteiger charge is -2.21. The highest BCUT2D eigenvalue weighted by Gasteiger charge is 2.21. The van der Waals surface area contributed by atoms with Gasteiger partial charge in [-0.1, -0.05) is 41.9 Å². The minimum Gasteiger partial charge on any atom is -0.482 e. The van der Waals surface area contributed by atoms with Crippen LogP contribution in [0.5, 0.6) is 5.75 Å². The number of rotatable bonds is 5. The Morgan fingerprint density at radius 1 is 1.18 bits per heavy atom. The third-order valence-electron chi connectivity index (χ3n) is 3.70. The van der Waals surface area contributed by atoms with Gasteiger partial charge in [0.1, 0.15) is 11.6 Å². The van der Waals surface area contributed by atoms with Crippen molar-refractivity contribution in [1.29, 1.82) is 0 Å². The van der Waals surface area contributed by atoms with E-state index >= 15 is 0 Å². The Labute approximate surface area is 136 Å². The molecule has 0 amide bonds. The van der Waals surface area contributed by atoms with E-state index in [0.717, 1.165) is 41.7 Å². The maximum absolute atomic E-state index is 6.24. The van der Waals surface area contributed by atoms with Crippen LogP contribution in [-0.2, 0) is 6.42 Å². The second-order valence-corrected chi connectivity index (χ2v) is 5.83. The number of hydrogen-bond acceptors (Lipinski definition) is 3. The summed E-state index contributed by atoms with van der Waals surface area (Å²) in [5.74, 6) is 1.83. The van der Waals surface area contributed by atoms with E-state index in [2.05, 4.69) is 23.3 Å². The molecule has 1 heterocycles. The Kier molecular flexibility index (Phi) is 4.64. The number of nitrogens with zero attached hydrogens (tertiary/aromatic N) is 1. The number of nitrogens with one attached hydrogen (secondary N) is 1. The van der Waals surface area contributed by atoms with E-state index in [1.54, 1.807) is 0 Å². The Hall–Kier alpha value is -2.00. The number of benzene rings is 2. The molecule has 1 atom stereocenters. The molecule has 0 aromatic heterocycles. The molecular weight excluding hydrogens is 296 g/mol. The van der Waals surface area contributed by atoms with Crippen LogP contribution in [0, 0.1) is 6.92 Å². The van der Waals surface area contributed by atoms with Crippen molar-refractivity contribution in [3.05, 3.63) is 64.7 Å². The van der Waals surface area contributed by atoms with E-state index in [-0.39, 0.29) is 6.10 Å². The molecule has 0 radical (unpaired) electrons. The Morgan fingerprint density at radius 3 is 2.64 bits per heavy atom. The third-order valence-corrected chi connectivity index (χ3v) is 3.95. The first kappa shape index (κ1) is 14.9. The van der Waals surface area contributed by atoms with Gasteiger partial charge in [-0.15, -0.1) is 0 Å². The molecule has 2 aromatic rings. The van der Waals surface area contributed by atoms with Gasteiger partial charge in [-0.2, -0.15) is 0 Å². The van der Waals surface area contributed by atoms with Crippen molar-refractivity contribution in [3.63, 3.8) is 0 Å². The highest BCUT2D eigenvalue weighted by Crippen LogP contribution is 2.21. The van der Waals surface area contributed by atoms with Crippen LogP contribution in [0.15, 0.2) is 53.5 Å². The lowest BCUT2D eigenvalue weighted by atomic mass is 10.1. The minimum atomic E-state index is -0.107. The Balaban J connectivity index is 1.81. The number of amidine groups is 1. The molecule has 2 aromatic carbocycles. The average molecular weight is 315 g/mol. The van der Waals surface area contributed by atoms with Crippen molar-refractivity contribution in [1.82, 2.24) is 5.32 Å². The molecule has 0 bridgehead atoms. The lowest BCUT2D eigenvalue weighted by Crippen LogP contribution is -2.37. The number of ether oxygens (including phenoxy) is 1. The predicted octanol–water partition coefficient (Wildman–Crippen LogP) is 3.64. The van der Waals surface area contributed by atoms with Crippen molar-refractivity contribution in [3.8, 4) is 5.75 Å². The van der Waals surface area contributed by atoms with E-state index in [0.29, 0.717) is 0 Å². The highest BCUT2D eigenvalue weighted by molar-refractivity contribution is 6.30. The summed E-state index contributed by atoms with van der Waals surface area (Å²) in [6.45, 7) is 3.74. The second kappa shape index (κ2) is 6.84. The Morgan fingerprint density at radius 2 is 1.95 bits per heavy atom. The second-order valence-electron chi connectivity index (χ2n) is 5.40. The van der Waals surface area contributed by atoms with Gasteiger partial charge in [0.2, 0.25) is 0 Å². The number of para-hydroxylation sites is 1. The molecule has 3 nitrogen and oxygen atoms in total. The molecule has 0 saturated heterocycles. The molecule has 1 N–H and O–H groups in total. The van der Waals surface area contributed by atoms with Crippen molar-refractivity contribution in [2.45, 2.75) is 19.4 Å². The standard InChI is InChI=1S/C18H19ClN2O/c1-13-4-2-3-5-16(13)22-17(18-20-10-11-21-18)12-14-6-8-15(19)9-7-14/h2-9,17H,10-12H2,1H3,(H,20,21). The van der Waals surface area contributed by atoms with Gasteiger partial charge in [0.05, 0.1) is 6.54 Å². The summed E-state index contributed by atoms with van der Waals surface area (Å²) in [6, 6.07) is 15.9. The van der Waals surface area contributed by atoms with Gasteiger partial charge in [-0.05, 0) is 36.2 Å². The Bertz CT molecular complexity index is 667. The molecule has 4 heteroatoms. The number of aliphatic imine (C=N–C) groups is 1. The number of halogens is 1. The van der Waals surface area contributed by atoms with Gasteiger partial charge in [0.15, 0.2) is 6.10 Å². The molecule has 22 heavy (non-hydrogen) atoms. The van der Waals surface area contributed by atoms with Crippen LogP contribution in [0.1, 0.15) is 11.1 Å². The van der Waals surface area contributed by atoms with Gasteiger partial charge < -0.3 is 10.1 Å². The topological polar surface area (TPSA) is 33.6 Å². The highest BCUT2D eigenvalue weighted by atomic mass is 35.5. The SMILES string of the molecule is Cc1ccccc1OC(Cc1ccc(Cl)cc1)C1=NCCN1. The summed E-state index contributed by atoms with van der Waals surface area (Å²) in [6.07, 6.45) is 0.655. The zero-order valence-electron chi connectivity index (χ0n) is 12.6. The molecule has 1 aliphatic rings. The minimum absolute atomic E-state index is 0.107. The molecule has 1 unspecified atom stereocenters. The summed E-state index contributed by atoms with van der Waals surface area (Å²) in [5.41, 5.74) is 2.31. The van der Waals surface area contributed by atoms with E-state index in [4.69, 9.17) is 16.3 Å². The van der Waals surface area contributed by atoms with Gasteiger partial charge in [-0.25, -0.2) is 0 Å². The van der Waals surface area contributed by atoms with Gasteiger partial charge in [0.25, 0.3) is 0 Å². The molecule has 0 saturated carbocycles. The monoisotopic (exact) mass is 314 g/mol. The smallest absolute Gasteiger partial charge is 0.159 e. The maximum Gasteiger partial charge on any atom is 0.159 e. The molecule has 0 fully saturated rings. The first-order valence-corrected chi connectivity index (χ1v) is 7.85. The van der Waals surface area contributed by atoms with Crippen molar-refractivity contribution < 1.29 is 4.74 Å². The zero-order chi connectivity index (χ0) is 15.4. The summed E-state index contributed by atoms with van der Waals surface area (Å²) in [5, 5.41) is 4.07. The molecule has 0 aliphatic carbocycles. The average Bonchev–Trinajstić information content (AvgIpc) is 3.05. The van der Waals surface area contributed by atoms with E-state index in [1.165, 1.54) is 5.56 Å². The first-order valence-electron chi connectivity index (χ1n) is 7.47. The summed E-state index contributed by atoms with van der Waals surface area (Å²) in [4.78, 5) is 4.53. The van der Waals surface area contributed by atoms with Gasteiger partial charge in [0, 0.05) is 18.0 Å². The molecule has 114 valence electrons. The van der Waals surface area contributed by atoms with Crippen LogP contribution in [0.4, 0.5) is 0 Å². The summed E-state index contributed by atoms with van der Waals surface area (Å²) < 4.78 is 6.24. The van der Waals surface area contributed by atoms with E-state index < -0.39 is 0 Å². The van der Waals surface area contributed by atoms with Crippen molar-refractivity contribution >= 4 is 17.4 Å². The van der Waals surface area contributed by atoms with Crippen LogP contribution in [0.25, 0.3) is 0 Å². The fourth-order valence-corrected chi connectivity index (χ4v) is 2.63. The molecular formula is C18H19ClN2O. The third kappa shape index (κ3) is 3.60. The predicted molar refractivity (Wildman–Crippen MR) is 91.1 cm³/mol. The van der Waals surface area contributed by atoms with Gasteiger partial charge in [-0.3, -0.25) is 4.99 Å². The normalized spacial score (nSPS) is 15.1. The van der Waals surface area contributed by atoms with E-state index in [9.17, 15) is 0 Å². The summed E-state index contributed by atoms with van der Waals surface area (Å²) >= 11 is 5.96. The first-order chi connectivity index (χ1) is 10.7. The van der Waals surface area contributed by atoms with Crippen LogP contribution in [0.3, 0.4) is 0 Å². The zero-order valence-corrected chi connectivity index (χ0v) is 13.3. The largest absolute Gasteiger partial charge is 0.482 e. The summed E-state index contributed by atoms with van der Waals surface area (Å²) in [7, 11) is 0. The van der Waals surface area contributed by atoms with Crippen LogP contribution in [-0.4, -0.2) is 25.0 Å². The van der Waals surface area contributed by atoms with Crippen LogP contribution >= 0.6 is 11.6 Å². The van der Waals surface area contributed by atoms with Crippen molar-refractivity contribution in [2.24, 2.45) is 4.99 Å². The maximum atomic E-state index is 6.24. The molecule has 3 rings (SSSR count). The fourth-order valence-electron chi connectivity index (χ4n) is 2.50. The quantitative estimate of drug-likeness (QED) is 0.914. The van der Waals surface area contributed by atoms with Crippen molar-refractivity contribution in [2.75, 3.05) is 13.1 Å². The van der Waals surface area contributed by atoms with Gasteiger partial charge >= 0.3 is 0 Å².